The largest absolute Gasteiger partial charge is 0.307 e. The van der Waals surface area contributed by atoms with Crippen LogP contribution in [-0.4, -0.2) is 15.8 Å². The summed E-state index contributed by atoms with van der Waals surface area (Å²) in [6, 6.07) is 1.07. The van der Waals surface area contributed by atoms with Crippen LogP contribution in [0.5, 0.6) is 0 Å². The van der Waals surface area contributed by atoms with Gasteiger partial charge in [-0.15, -0.1) is 0 Å². The lowest BCUT2D eigenvalue weighted by Crippen LogP contribution is -2.31. The summed E-state index contributed by atoms with van der Waals surface area (Å²) in [4.78, 5) is 0. The van der Waals surface area contributed by atoms with Gasteiger partial charge in [-0.25, -0.2) is 0 Å². The first kappa shape index (κ1) is 12.6. The number of hydrogen-bond acceptors (Lipinski definition) is 2. The van der Waals surface area contributed by atoms with Crippen molar-refractivity contribution < 1.29 is 0 Å². The second-order valence-electron chi connectivity index (χ2n) is 5.52. The standard InChI is InChI=1S/C14H25N3/c1-5-13(8-12-6-7-12)15-10(2)14-9-17(4)16-11(14)3/h9-10,12-13,15H,5-8H2,1-4H3. The summed E-state index contributed by atoms with van der Waals surface area (Å²) in [5.74, 6) is 0.995. The van der Waals surface area contributed by atoms with Gasteiger partial charge in [0.05, 0.1) is 5.69 Å². The molecule has 0 spiro atoms. The molecular weight excluding hydrogens is 210 g/mol. The van der Waals surface area contributed by atoms with Crippen molar-refractivity contribution in [2.45, 2.75) is 58.5 Å². The molecule has 0 amide bonds. The van der Waals surface area contributed by atoms with Crippen molar-refractivity contribution in [1.82, 2.24) is 15.1 Å². The molecule has 1 heterocycles. The Hall–Kier alpha value is -0.830. The molecule has 1 N–H and O–H groups in total. The SMILES string of the molecule is CCC(CC1CC1)NC(C)c1cn(C)nc1C. The topological polar surface area (TPSA) is 29.9 Å². The van der Waals surface area contributed by atoms with Crippen molar-refractivity contribution in [2.75, 3.05) is 0 Å². The Morgan fingerprint density at radius 3 is 2.71 bits per heavy atom. The fourth-order valence-electron chi connectivity index (χ4n) is 2.59. The fourth-order valence-corrected chi connectivity index (χ4v) is 2.59. The van der Waals surface area contributed by atoms with E-state index in [9.17, 15) is 0 Å². The minimum atomic E-state index is 0.410. The third-order valence-electron chi connectivity index (χ3n) is 3.81. The molecule has 96 valence electrons. The fraction of sp³-hybridized carbons (Fsp3) is 0.786. The molecule has 2 unspecified atom stereocenters. The van der Waals surface area contributed by atoms with Crippen molar-refractivity contribution in [3.05, 3.63) is 17.5 Å². The summed E-state index contributed by atoms with van der Waals surface area (Å²) < 4.78 is 1.91. The Morgan fingerprint density at radius 2 is 2.24 bits per heavy atom. The van der Waals surface area contributed by atoms with E-state index in [2.05, 4.69) is 37.4 Å². The van der Waals surface area contributed by atoms with Crippen LogP contribution in [0.4, 0.5) is 0 Å². The number of nitrogens with zero attached hydrogens (tertiary/aromatic N) is 2. The highest BCUT2D eigenvalue weighted by atomic mass is 15.3. The molecule has 0 aliphatic heterocycles. The first-order chi connectivity index (χ1) is 8.10. The molecule has 1 aromatic heterocycles. The molecule has 1 fully saturated rings. The van der Waals surface area contributed by atoms with Crippen LogP contribution in [-0.2, 0) is 7.05 Å². The van der Waals surface area contributed by atoms with Gasteiger partial charge in [-0.05, 0) is 32.6 Å². The third kappa shape index (κ3) is 3.32. The average molecular weight is 235 g/mol. The summed E-state index contributed by atoms with van der Waals surface area (Å²) >= 11 is 0. The lowest BCUT2D eigenvalue weighted by atomic mass is 10.0. The van der Waals surface area contributed by atoms with E-state index in [0.717, 1.165) is 11.6 Å². The number of nitrogens with one attached hydrogen (secondary N) is 1. The number of aromatic nitrogens is 2. The highest BCUT2D eigenvalue weighted by Crippen LogP contribution is 2.34. The molecule has 0 radical (unpaired) electrons. The maximum atomic E-state index is 4.42. The smallest absolute Gasteiger partial charge is 0.0641 e. The van der Waals surface area contributed by atoms with Crippen LogP contribution in [0.15, 0.2) is 6.20 Å². The average Bonchev–Trinajstić information content (AvgIpc) is 3.02. The molecule has 0 bridgehead atoms. The van der Waals surface area contributed by atoms with E-state index < -0.39 is 0 Å². The Kier molecular flexibility index (Phi) is 3.87. The van der Waals surface area contributed by atoms with E-state index in [-0.39, 0.29) is 0 Å². The van der Waals surface area contributed by atoms with Crippen molar-refractivity contribution >= 4 is 0 Å². The van der Waals surface area contributed by atoms with Crippen LogP contribution >= 0.6 is 0 Å². The maximum absolute atomic E-state index is 4.42. The zero-order chi connectivity index (χ0) is 12.4. The number of rotatable bonds is 6. The van der Waals surface area contributed by atoms with Gasteiger partial charge in [0.2, 0.25) is 0 Å². The summed E-state index contributed by atoms with van der Waals surface area (Å²) in [6.07, 6.45) is 7.59. The second kappa shape index (κ2) is 5.21. The van der Waals surface area contributed by atoms with Crippen LogP contribution in [0.25, 0.3) is 0 Å². The van der Waals surface area contributed by atoms with Crippen LogP contribution in [0.1, 0.15) is 56.8 Å². The molecule has 1 saturated carbocycles. The molecule has 2 atom stereocenters. The lowest BCUT2D eigenvalue weighted by Gasteiger charge is -2.22. The molecule has 3 nitrogen and oxygen atoms in total. The van der Waals surface area contributed by atoms with Crippen molar-refractivity contribution in [2.24, 2.45) is 13.0 Å². The van der Waals surface area contributed by atoms with Gasteiger partial charge in [-0.1, -0.05) is 19.8 Å². The number of aryl methyl sites for hydroxylation is 2. The summed E-state index contributed by atoms with van der Waals surface area (Å²) in [7, 11) is 1.99. The lowest BCUT2D eigenvalue weighted by molar-refractivity contribution is 0.403. The second-order valence-corrected chi connectivity index (χ2v) is 5.52. The minimum Gasteiger partial charge on any atom is -0.307 e. The Morgan fingerprint density at radius 1 is 1.53 bits per heavy atom. The molecular formula is C14H25N3. The van der Waals surface area contributed by atoms with Gasteiger partial charge in [0, 0.05) is 30.9 Å². The normalized spacial score (nSPS) is 19.3. The molecule has 0 aromatic carbocycles. The zero-order valence-corrected chi connectivity index (χ0v) is 11.5. The van der Waals surface area contributed by atoms with Crippen LogP contribution < -0.4 is 5.32 Å². The van der Waals surface area contributed by atoms with Gasteiger partial charge in [0.15, 0.2) is 0 Å². The predicted octanol–water partition coefficient (Wildman–Crippen LogP) is 2.96. The van der Waals surface area contributed by atoms with E-state index in [1.807, 2.05) is 11.7 Å². The van der Waals surface area contributed by atoms with Gasteiger partial charge in [-0.3, -0.25) is 4.68 Å². The van der Waals surface area contributed by atoms with E-state index >= 15 is 0 Å². The molecule has 1 aliphatic rings. The van der Waals surface area contributed by atoms with Gasteiger partial charge in [-0.2, -0.15) is 5.10 Å². The van der Waals surface area contributed by atoms with E-state index in [4.69, 9.17) is 0 Å². The van der Waals surface area contributed by atoms with E-state index in [0.29, 0.717) is 12.1 Å². The first-order valence-corrected chi connectivity index (χ1v) is 6.86. The Labute approximate surface area is 105 Å². The van der Waals surface area contributed by atoms with Crippen molar-refractivity contribution in [3.8, 4) is 0 Å². The molecule has 1 aromatic rings. The van der Waals surface area contributed by atoms with E-state index in [1.165, 1.54) is 31.2 Å². The van der Waals surface area contributed by atoms with Crippen LogP contribution in [0.3, 0.4) is 0 Å². The van der Waals surface area contributed by atoms with Gasteiger partial charge in [0.1, 0.15) is 0 Å². The van der Waals surface area contributed by atoms with Gasteiger partial charge in [0.25, 0.3) is 0 Å². The molecule has 0 saturated heterocycles. The van der Waals surface area contributed by atoms with Crippen molar-refractivity contribution in [1.29, 1.82) is 0 Å². The van der Waals surface area contributed by atoms with Crippen LogP contribution in [0, 0.1) is 12.8 Å². The predicted molar refractivity (Wildman–Crippen MR) is 70.9 cm³/mol. The van der Waals surface area contributed by atoms with Crippen molar-refractivity contribution in [3.63, 3.8) is 0 Å². The van der Waals surface area contributed by atoms with Crippen LogP contribution in [0.2, 0.25) is 0 Å². The quantitative estimate of drug-likeness (QED) is 0.821. The van der Waals surface area contributed by atoms with Gasteiger partial charge < -0.3 is 5.32 Å². The Bertz CT molecular complexity index is 366. The van der Waals surface area contributed by atoms with E-state index in [1.54, 1.807) is 0 Å². The maximum Gasteiger partial charge on any atom is 0.0641 e. The Balaban J connectivity index is 1.94. The highest BCUT2D eigenvalue weighted by molar-refractivity contribution is 5.19. The monoisotopic (exact) mass is 235 g/mol. The summed E-state index contributed by atoms with van der Waals surface area (Å²) in [5, 5.41) is 8.17. The molecule has 3 heteroatoms. The highest BCUT2D eigenvalue weighted by Gasteiger charge is 2.25. The summed E-state index contributed by atoms with van der Waals surface area (Å²) in [6.45, 7) is 6.62. The first-order valence-electron chi connectivity index (χ1n) is 6.86. The summed E-state index contributed by atoms with van der Waals surface area (Å²) in [5.41, 5.74) is 2.48. The molecule has 17 heavy (non-hydrogen) atoms. The van der Waals surface area contributed by atoms with Gasteiger partial charge >= 0.3 is 0 Å². The third-order valence-corrected chi connectivity index (χ3v) is 3.81. The molecule has 1 aliphatic carbocycles. The number of hydrogen-bond donors (Lipinski definition) is 1. The minimum absolute atomic E-state index is 0.410. The zero-order valence-electron chi connectivity index (χ0n) is 11.5. The molecule has 2 rings (SSSR count).